The Labute approximate surface area is 211 Å². The van der Waals surface area contributed by atoms with Gasteiger partial charge < -0.3 is 10.1 Å². The van der Waals surface area contributed by atoms with Crippen LogP contribution in [0.4, 0.5) is 13.2 Å². The Morgan fingerprint density at radius 3 is 2.69 bits per heavy atom. The van der Waals surface area contributed by atoms with E-state index in [1.807, 2.05) is 6.92 Å². The SMILES string of the molecule is Cc1cc(Cl)cc(-c2ncnc3cc(Cn4c(=O)ccn(CC(F)(F)F)c4=O)sc23)c1OC1CNC1. The number of rotatable bonds is 6. The lowest BCUT2D eigenvalue weighted by Crippen LogP contribution is -2.50. The number of hydrogen-bond donors (Lipinski definition) is 1. The lowest BCUT2D eigenvalue weighted by Gasteiger charge is -2.29. The van der Waals surface area contributed by atoms with Gasteiger partial charge in [-0.15, -0.1) is 11.3 Å². The fraction of sp³-hybridized carbons (Fsp3) is 0.304. The van der Waals surface area contributed by atoms with E-state index < -0.39 is 24.0 Å². The average molecular weight is 538 g/mol. The number of hydrogen-bond acceptors (Lipinski definition) is 7. The van der Waals surface area contributed by atoms with Crippen molar-refractivity contribution in [3.05, 3.63) is 73.1 Å². The van der Waals surface area contributed by atoms with E-state index in [9.17, 15) is 22.8 Å². The first-order valence-corrected chi connectivity index (χ1v) is 12.1. The summed E-state index contributed by atoms with van der Waals surface area (Å²) in [5.41, 5.74) is 0.912. The van der Waals surface area contributed by atoms with Crippen LogP contribution >= 0.6 is 22.9 Å². The molecule has 188 valence electrons. The molecule has 1 aliphatic heterocycles. The fourth-order valence-corrected chi connectivity index (χ4v) is 5.29. The number of fused-ring (bicyclic) bond motifs is 1. The van der Waals surface area contributed by atoms with Gasteiger partial charge in [-0.2, -0.15) is 13.2 Å². The molecule has 36 heavy (non-hydrogen) atoms. The maximum absolute atomic E-state index is 12.8. The number of ether oxygens (including phenoxy) is 1. The number of nitrogens with one attached hydrogen (secondary N) is 1. The Kier molecular flexibility index (Phi) is 6.35. The summed E-state index contributed by atoms with van der Waals surface area (Å²) in [5, 5.41) is 3.67. The largest absolute Gasteiger partial charge is 0.487 e. The topological polar surface area (TPSA) is 91.0 Å². The van der Waals surface area contributed by atoms with Crippen LogP contribution in [0.3, 0.4) is 0 Å². The molecule has 1 aromatic carbocycles. The highest BCUT2D eigenvalue weighted by atomic mass is 35.5. The minimum atomic E-state index is -4.60. The van der Waals surface area contributed by atoms with Crippen molar-refractivity contribution in [2.75, 3.05) is 13.1 Å². The molecule has 0 aliphatic carbocycles. The Morgan fingerprint density at radius 1 is 1.22 bits per heavy atom. The van der Waals surface area contributed by atoms with Gasteiger partial charge >= 0.3 is 11.9 Å². The number of aryl methyl sites for hydroxylation is 1. The van der Waals surface area contributed by atoms with Crippen molar-refractivity contribution >= 4 is 33.2 Å². The second kappa shape index (κ2) is 9.34. The molecule has 0 unspecified atom stereocenters. The van der Waals surface area contributed by atoms with Crippen LogP contribution in [0, 0.1) is 6.92 Å². The van der Waals surface area contributed by atoms with Gasteiger partial charge in [-0.3, -0.25) is 13.9 Å². The van der Waals surface area contributed by atoms with E-state index in [0.717, 1.165) is 35.5 Å². The van der Waals surface area contributed by atoms with Gasteiger partial charge in [-0.1, -0.05) is 11.6 Å². The van der Waals surface area contributed by atoms with Crippen LogP contribution in [0.5, 0.6) is 5.75 Å². The summed E-state index contributed by atoms with van der Waals surface area (Å²) in [4.78, 5) is 34.3. The second-order valence-electron chi connectivity index (χ2n) is 8.41. The van der Waals surface area contributed by atoms with Crippen molar-refractivity contribution in [3.8, 4) is 17.0 Å². The fourth-order valence-electron chi connectivity index (χ4n) is 3.92. The lowest BCUT2D eigenvalue weighted by atomic mass is 10.1. The second-order valence-corrected chi connectivity index (χ2v) is 9.99. The Bertz CT molecular complexity index is 1580. The number of aromatic nitrogens is 4. The number of halogens is 4. The van der Waals surface area contributed by atoms with Crippen LogP contribution in [-0.4, -0.2) is 44.5 Å². The number of thiophene rings is 1. The van der Waals surface area contributed by atoms with Crippen molar-refractivity contribution in [3.63, 3.8) is 0 Å². The van der Waals surface area contributed by atoms with E-state index in [-0.39, 0.29) is 12.6 Å². The van der Waals surface area contributed by atoms with Gasteiger partial charge in [0.25, 0.3) is 5.56 Å². The van der Waals surface area contributed by atoms with Crippen LogP contribution in [0.2, 0.25) is 5.02 Å². The van der Waals surface area contributed by atoms with Gasteiger partial charge in [0.1, 0.15) is 24.7 Å². The van der Waals surface area contributed by atoms with Gasteiger partial charge in [-0.25, -0.2) is 14.8 Å². The van der Waals surface area contributed by atoms with Crippen molar-refractivity contribution in [1.29, 1.82) is 0 Å². The zero-order valence-corrected chi connectivity index (χ0v) is 20.4. The van der Waals surface area contributed by atoms with Crippen LogP contribution < -0.4 is 21.3 Å². The molecule has 5 rings (SSSR count). The standard InChI is InChI=1S/C23H19ClF3N5O3S/c1-12-4-13(24)5-16(20(12)35-14-7-28-8-14)19-21-17(29-11-30-19)6-15(36-21)9-32-18(33)2-3-31(22(32)34)10-23(25,26)27/h2-6,11,14,28H,7-10H2,1H3. The van der Waals surface area contributed by atoms with E-state index in [1.54, 1.807) is 18.2 Å². The maximum Gasteiger partial charge on any atom is 0.406 e. The molecule has 8 nitrogen and oxygen atoms in total. The molecule has 0 bridgehead atoms. The highest BCUT2D eigenvalue weighted by Gasteiger charge is 2.29. The summed E-state index contributed by atoms with van der Waals surface area (Å²) >= 11 is 7.60. The van der Waals surface area contributed by atoms with Gasteiger partial charge in [0, 0.05) is 40.8 Å². The molecular weight excluding hydrogens is 519 g/mol. The van der Waals surface area contributed by atoms with Gasteiger partial charge in [0.15, 0.2) is 0 Å². The third kappa shape index (κ3) is 4.88. The monoisotopic (exact) mass is 537 g/mol. The molecule has 0 radical (unpaired) electrons. The maximum atomic E-state index is 12.8. The van der Waals surface area contributed by atoms with Crippen LogP contribution in [0.25, 0.3) is 21.5 Å². The zero-order chi connectivity index (χ0) is 25.6. The highest BCUT2D eigenvalue weighted by molar-refractivity contribution is 7.19. The Morgan fingerprint density at radius 2 is 2.00 bits per heavy atom. The molecule has 4 aromatic rings. The van der Waals surface area contributed by atoms with Gasteiger partial charge in [0.05, 0.1) is 22.5 Å². The minimum absolute atomic E-state index is 0.0173. The molecule has 0 atom stereocenters. The normalized spacial score (nSPS) is 14.2. The summed E-state index contributed by atoms with van der Waals surface area (Å²) in [6.45, 7) is 1.65. The van der Waals surface area contributed by atoms with E-state index in [4.69, 9.17) is 16.3 Å². The summed E-state index contributed by atoms with van der Waals surface area (Å²) in [6, 6.07) is 6.19. The van der Waals surface area contributed by atoms with Gasteiger partial charge in [-0.05, 0) is 30.7 Å². The van der Waals surface area contributed by atoms with Crippen molar-refractivity contribution in [1.82, 2.24) is 24.4 Å². The Hall–Kier alpha value is -3.22. The summed E-state index contributed by atoms with van der Waals surface area (Å²) in [5.74, 6) is 0.648. The molecule has 1 N–H and O–H groups in total. The quantitative estimate of drug-likeness (QED) is 0.404. The first-order chi connectivity index (χ1) is 17.1. The smallest absolute Gasteiger partial charge is 0.406 e. The van der Waals surface area contributed by atoms with Crippen LogP contribution in [-0.2, 0) is 13.1 Å². The summed E-state index contributed by atoms with van der Waals surface area (Å²) < 4.78 is 46.6. The molecule has 1 aliphatic rings. The predicted octanol–water partition coefficient (Wildman–Crippen LogP) is 3.60. The van der Waals surface area contributed by atoms with Crippen molar-refractivity contribution in [2.45, 2.75) is 32.3 Å². The molecule has 1 fully saturated rings. The Balaban J connectivity index is 1.57. The third-order valence-corrected chi connectivity index (χ3v) is 7.02. The molecule has 3 aromatic heterocycles. The average Bonchev–Trinajstić information content (AvgIpc) is 3.18. The first-order valence-electron chi connectivity index (χ1n) is 10.9. The van der Waals surface area contributed by atoms with E-state index >= 15 is 0 Å². The highest BCUT2D eigenvalue weighted by Crippen LogP contribution is 2.40. The van der Waals surface area contributed by atoms with Gasteiger partial charge in [0.2, 0.25) is 0 Å². The van der Waals surface area contributed by atoms with E-state index in [0.29, 0.717) is 41.7 Å². The van der Waals surface area contributed by atoms with Crippen LogP contribution in [0.15, 0.2) is 46.4 Å². The molecule has 13 heteroatoms. The van der Waals surface area contributed by atoms with E-state index in [2.05, 4.69) is 15.3 Å². The number of nitrogens with zero attached hydrogens (tertiary/aromatic N) is 4. The molecule has 0 spiro atoms. The molecule has 1 saturated heterocycles. The molecular formula is C23H19ClF3N5O3S. The number of alkyl halides is 3. The van der Waals surface area contributed by atoms with E-state index in [1.165, 1.54) is 17.7 Å². The molecule has 0 amide bonds. The van der Waals surface area contributed by atoms with Crippen LogP contribution in [0.1, 0.15) is 10.4 Å². The lowest BCUT2D eigenvalue weighted by molar-refractivity contribution is -0.141. The van der Waals surface area contributed by atoms with Crippen molar-refractivity contribution < 1.29 is 17.9 Å². The number of benzene rings is 1. The third-order valence-electron chi connectivity index (χ3n) is 5.69. The molecule has 0 saturated carbocycles. The summed E-state index contributed by atoms with van der Waals surface area (Å²) in [6.07, 6.45) is -2.34. The minimum Gasteiger partial charge on any atom is -0.487 e. The zero-order valence-electron chi connectivity index (χ0n) is 18.8. The predicted molar refractivity (Wildman–Crippen MR) is 130 cm³/mol. The van der Waals surface area contributed by atoms with Crippen molar-refractivity contribution in [2.24, 2.45) is 0 Å². The first kappa shape index (κ1) is 24.5. The molecule has 4 heterocycles. The summed E-state index contributed by atoms with van der Waals surface area (Å²) in [7, 11) is 0.